The molecule has 0 saturated carbocycles. The molecule has 2 atom stereocenters. The van der Waals surface area contributed by atoms with Crippen molar-refractivity contribution in [3.63, 3.8) is 0 Å². The van der Waals surface area contributed by atoms with Crippen molar-refractivity contribution in [2.24, 2.45) is 0 Å². The number of aromatic hydroxyl groups is 1. The maximum atomic E-state index is 13.1. The standard InChI is InChI=1S/C24H32N4O4S/c1-13-10-14(2)21(29)16(11-13)17-12-18(28-27-17)22(30)26-24-20(23(31)25-8-9-32-3)15-6-4-5-7-19(15)33-24/h10-11,17-18,27-29H,4-9,12H2,1-3H3,(H,25,31)(H,26,30). The molecule has 2 aromatic rings. The minimum Gasteiger partial charge on any atom is -0.507 e. The van der Waals surface area contributed by atoms with E-state index in [1.54, 1.807) is 7.11 Å². The van der Waals surface area contributed by atoms with Crippen molar-refractivity contribution in [2.75, 3.05) is 25.6 Å². The highest BCUT2D eigenvalue weighted by molar-refractivity contribution is 7.17. The molecule has 178 valence electrons. The van der Waals surface area contributed by atoms with Crippen LogP contribution < -0.4 is 21.5 Å². The zero-order chi connectivity index (χ0) is 23.5. The predicted molar refractivity (Wildman–Crippen MR) is 129 cm³/mol. The highest BCUT2D eigenvalue weighted by atomic mass is 32.1. The number of rotatable bonds is 7. The Bertz CT molecular complexity index is 1050. The van der Waals surface area contributed by atoms with Gasteiger partial charge < -0.3 is 20.5 Å². The smallest absolute Gasteiger partial charge is 0.254 e. The van der Waals surface area contributed by atoms with Gasteiger partial charge in [-0.2, -0.15) is 0 Å². The Hall–Kier alpha value is -2.46. The second-order valence-electron chi connectivity index (χ2n) is 8.80. The molecule has 0 spiro atoms. The largest absolute Gasteiger partial charge is 0.507 e. The van der Waals surface area contributed by atoms with Gasteiger partial charge in [0.25, 0.3) is 5.91 Å². The summed E-state index contributed by atoms with van der Waals surface area (Å²) in [5.74, 6) is -0.113. The first-order chi connectivity index (χ1) is 15.9. The van der Waals surface area contributed by atoms with Crippen molar-refractivity contribution < 1.29 is 19.4 Å². The number of phenols is 1. The maximum Gasteiger partial charge on any atom is 0.254 e. The molecule has 0 bridgehead atoms. The fourth-order valence-electron chi connectivity index (χ4n) is 4.64. The number of ether oxygens (including phenoxy) is 1. The van der Waals surface area contributed by atoms with Crippen LogP contribution in [0.15, 0.2) is 12.1 Å². The molecule has 1 saturated heterocycles. The molecular formula is C24H32N4O4S. The van der Waals surface area contributed by atoms with Gasteiger partial charge in [0.1, 0.15) is 16.8 Å². The number of anilines is 1. The summed E-state index contributed by atoms with van der Waals surface area (Å²) >= 11 is 1.51. The fraction of sp³-hybridized carbons (Fsp3) is 0.500. The molecule has 2 unspecified atom stereocenters. The van der Waals surface area contributed by atoms with Gasteiger partial charge in [0.05, 0.1) is 18.2 Å². The third kappa shape index (κ3) is 5.06. The van der Waals surface area contributed by atoms with E-state index in [0.717, 1.165) is 47.9 Å². The van der Waals surface area contributed by atoms with E-state index in [1.165, 1.54) is 16.2 Å². The van der Waals surface area contributed by atoms with E-state index < -0.39 is 6.04 Å². The second-order valence-corrected chi connectivity index (χ2v) is 9.91. The van der Waals surface area contributed by atoms with Crippen molar-refractivity contribution in [1.82, 2.24) is 16.2 Å². The van der Waals surface area contributed by atoms with Gasteiger partial charge in [0.2, 0.25) is 5.91 Å². The molecule has 4 rings (SSSR count). The molecule has 0 radical (unpaired) electrons. The first-order valence-corrected chi connectivity index (χ1v) is 12.2. The van der Waals surface area contributed by atoms with Crippen molar-refractivity contribution in [1.29, 1.82) is 0 Å². The molecule has 2 aliphatic rings. The average Bonchev–Trinajstić information content (AvgIpc) is 3.41. The number of hydrazine groups is 1. The highest BCUT2D eigenvalue weighted by Crippen LogP contribution is 2.39. The first-order valence-electron chi connectivity index (χ1n) is 11.4. The number of phenolic OH excluding ortho intramolecular Hbond substituents is 1. The predicted octanol–water partition coefficient (Wildman–Crippen LogP) is 2.87. The number of hydrogen-bond acceptors (Lipinski definition) is 7. The van der Waals surface area contributed by atoms with Crippen LogP contribution in [-0.2, 0) is 22.4 Å². The van der Waals surface area contributed by atoms with E-state index in [2.05, 4.69) is 21.5 Å². The van der Waals surface area contributed by atoms with Crippen LogP contribution in [0, 0.1) is 13.8 Å². The molecule has 1 aliphatic carbocycles. The van der Waals surface area contributed by atoms with Crippen molar-refractivity contribution in [3.05, 3.63) is 44.8 Å². The Balaban J connectivity index is 1.50. The van der Waals surface area contributed by atoms with Crippen LogP contribution in [-0.4, -0.2) is 43.2 Å². The van der Waals surface area contributed by atoms with Crippen LogP contribution in [0.2, 0.25) is 0 Å². The third-order valence-electron chi connectivity index (χ3n) is 6.30. The van der Waals surface area contributed by atoms with Gasteiger partial charge in [-0.15, -0.1) is 11.3 Å². The van der Waals surface area contributed by atoms with E-state index in [9.17, 15) is 14.7 Å². The molecule has 5 N–H and O–H groups in total. The molecule has 8 nitrogen and oxygen atoms in total. The lowest BCUT2D eigenvalue weighted by molar-refractivity contribution is -0.117. The number of carbonyl (C=O) groups is 2. The van der Waals surface area contributed by atoms with Gasteiger partial charge in [0.15, 0.2) is 0 Å². The van der Waals surface area contributed by atoms with Gasteiger partial charge in [-0.3, -0.25) is 9.59 Å². The Morgan fingerprint density at radius 2 is 2.00 bits per heavy atom. The zero-order valence-electron chi connectivity index (χ0n) is 19.3. The number of thiophene rings is 1. The summed E-state index contributed by atoms with van der Waals surface area (Å²) < 4.78 is 5.04. The van der Waals surface area contributed by atoms with E-state index in [1.807, 2.05) is 26.0 Å². The lowest BCUT2D eigenvalue weighted by Gasteiger charge is -2.15. The summed E-state index contributed by atoms with van der Waals surface area (Å²) in [4.78, 5) is 27.3. The number of hydrogen-bond donors (Lipinski definition) is 5. The first kappa shape index (κ1) is 23.7. The molecule has 33 heavy (non-hydrogen) atoms. The zero-order valence-corrected chi connectivity index (χ0v) is 20.2. The Labute approximate surface area is 198 Å². The summed E-state index contributed by atoms with van der Waals surface area (Å²) in [6, 6.07) is 3.20. The Morgan fingerprint density at radius 1 is 1.21 bits per heavy atom. The lowest BCUT2D eigenvalue weighted by Crippen LogP contribution is -2.39. The minimum atomic E-state index is -0.487. The topological polar surface area (TPSA) is 112 Å². The quantitative estimate of drug-likeness (QED) is 0.396. The van der Waals surface area contributed by atoms with Gasteiger partial charge in [-0.25, -0.2) is 10.9 Å². The molecule has 1 fully saturated rings. The normalized spacial score (nSPS) is 19.8. The summed E-state index contributed by atoms with van der Waals surface area (Å²) in [5.41, 5.74) is 10.5. The van der Waals surface area contributed by atoms with E-state index >= 15 is 0 Å². The summed E-state index contributed by atoms with van der Waals surface area (Å²) in [7, 11) is 1.60. The molecule has 1 aromatic heterocycles. The van der Waals surface area contributed by atoms with Crippen molar-refractivity contribution in [2.45, 2.75) is 58.0 Å². The third-order valence-corrected chi connectivity index (χ3v) is 7.50. The van der Waals surface area contributed by atoms with Crippen LogP contribution in [0.25, 0.3) is 0 Å². The number of carbonyl (C=O) groups excluding carboxylic acids is 2. The number of aryl methyl sites for hydroxylation is 3. The van der Waals surface area contributed by atoms with Crippen LogP contribution in [0.1, 0.15) is 62.8 Å². The van der Waals surface area contributed by atoms with E-state index in [4.69, 9.17) is 4.74 Å². The Morgan fingerprint density at radius 3 is 2.79 bits per heavy atom. The SMILES string of the molecule is COCCNC(=O)c1c(NC(=O)C2CC(c3cc(C)cc(C)c3O)NN2)sc2c1CCCC2. The monoisotopic (exact) mass is 472 g/mol. The molecule has 2 heterocycles. The maximum absolute atomic E-state index is 13.1. The minimum absolute atomic E-state index is 0.169. The molecule has 1 aliphatic heterocycles. The lowest BCUT2D eigenvalue weighted by atomic mass is 9.95. The van der Waals surface area contributed by atoms with Gasteiger partial charge >= 0.3 is 0 Å². The average molecular weight is 473 g/mol. The van der Waals surface area contributed by atoms with Crippen LogP contribution in [0.3, 0.4) is 0 Å². The summed E-state index contributed by atoms with van der Waals surface area (Å²) in [5, 5.41) is 17.0. The highest BCUT2D eigenvalue weighted by Gasteiger charge is 2.34. The van der Waals surface area contributed by atoms with Crippen molar-refractivity contribution >= 4 is 28.2 Å². The molecule has 1 aromatic carbocycles. The molecule has 2 amide bonds. The van der Waals surface area contributed by atoms with E-state index in [0.29, 0.717) is 30.1 Å². The van der Waals surface area contributed by atoms with Crippen LogP contribution in [0.4, 0.5) is 5.00 Å². The van der Waals surface area contributed by atoms with Crippen LogP contribution >= 0.6 is 11.3 Å². The fourth-order valence-corrected chi connectivity index (χ4v) is 5.93. The van der Waals surface area contributed by atoms with Crippen LogP contribution in [0.5, 0.6) is 5.75 Å². The van der Waals surface area contributed by atoms with Gasteiger partial charge in [0, 0.05) is 24.1 Å². The van der Waals surface area contributed by atoms with Gasteiger partial charge in [-0.1, -0.05) is 17.7 Å². The second kappa shape index (κ2) is 10.2. The number of methoxy groups -OCH3 is 1. The number of amides is 2. The number of nitrogens with one attached hydrogen (secondary N) is 4. The van der Waals surface area contributed by atoms with Gasteiger partial charge in [-0.05, 0) is 57.1 Å². The van der Waals surface area contributed by atoms with Crippen molar-refractivity contribution in [3.8, 4) is 5.75 Å². The Kier molecular flexibility index (Phi) is 7.33. The number of fused-ring (bicyclic) bond motifs is 1. The summed E-state index contributed by atoms with van der Waals surface area (Å²) in [6.45, 7) is 4.71. The molecule has 9 heteroatoms. The molecular weight excluding hydrogens is 440 g/mol. The number of benzene rings is 1. The summed E-state index contributed by atoms with van der Waals surface area (Å²) in [6.07, 6.45) is 4.42. The van der Waals surface area contributed by atoms with E-state index in [-0.39, 0.29) is 23.6 Å².